The van der Waals surface area contributed by atoms with E-state index in [2.05, 4.69) is 4.72 Å². The van der Waals surface area contributed by atoms with E-state index in [1.165, 1.54) is 20.3 Å². The van der Waals surface area contributed by atoms with Gasteiger partial charge in [0.25, 0.3) is 0 Å². The van der Waals surface area contributed by atoms with Crippen LogP contribution >= 0.6 is 0 Å². The maximum absolute atomic E-state index is 12.4. The summed E-state index contributed by atoms with van der Waals surface area (Å²) in [7, 11) is -0.755. The molecule has 6 nitrogen and oxygen atoms in total. The highest BCUT2D eigenvalue weighted by Crippen LogP contribution is 2.28. The Labute approximate surface area is 120 Å². The number of nitrogens with two attached hydrogens (primary N) is 1. The molecule has 0 radical (unpaired) electrons. The van der Waals surface area contributed by atoms with Gasteiger partial charge in [0.1, 0.15) is 10.6 Å². The molecule has 20 heavy (non-hydrogen) atoms. The van der Waals surface area contributed by atoms with E-state index in [-0.39, 0.29) is 16.7 Å². The van der Waals surface area contributed by atoms with Gasteiger partial charge in [0.15, 0.2) is 0 Å². The Bertz CT molecular complexity index is 558. The molecule has 0 aliphatic heterocycles. The highest BCUT2D eigenvalue weighted by atomic mass is 32.2. The number of aryl methyl sites for hydroxylation is 1. The van der Waals surface area contributed by atoms with Crippen molar-refractivity contribution in [1.82, 2.24) is 4.72 Å². The molecular formula is C13H22N2O4S. The molecule has 7 heteroatoms. The minimum atomic E-state index is -3.71. The van der Waals surface area contributed by atoms with Gasteiger partial charge in [-0.3, -0.25) is 0 Å². The van der Waals surface area contributed by atoms with Crippen LogP contribution in [0.25, 0.3) is 0 Å². The smallest absolute Gasteiger partial charge is 0.244 e. The van der Waals surface area contributed by atoms with Crippen LogP contribution in [0.5, 0.6) is 5.75 Å². The van der Waals surface area contributed by atoms with Crippen molar-refractivity contribution in [3.63, 3.8) is 0 Å². The Morgan fingerprint density at radius 1 is 1.35 bits per heavy atom. The van der Waals surface area contributed by atoms with Crippen LogP contribution in [-0.2, 0) is 14.8 Å². The molecule has 114 valence electrons. The van der Waals surface area contributed by atoms with Crippen LogP contribution in [-0.4, -0.2) is 35.3 Å². The monoisotopic (exact) mass is 302 g/mol. The Morgan fingerprint density at radius 2 is 2.00 bits per heavy atom. The summed E-state index contributed by atoms with van der Waals surface area (Å²) in [5.41, 5.74) is 6.97. The summed E-state index contributed by atoms with van der Waals surface area (Å²) in [5.74, 6) is 0.275. The first kappa shape index (κ1) is 16.7. The topological polar surface area (TPSA) is 90.7 Å². The first-order chi connectivity index (χ1) is 9.35. The highest BCUT2D eigenvalue weighted by Gasteiger charge is 2.23. The van der Waals surface area contributed by atoms with Gasteiger partial charge < -0.3 is 15.2 Å². The number of benzene rings is 1. The van der Waals surface area contributed by atoms with Crippen LogP contribution in [0.2, 0.25) is 0 Å². The fraction of sp³-hybridized carbons (Fsp3) is 0.538. The van der Waals surface area contributed by atoms with Gasteiger partial charge in [-0.1, -0.05) is 6.92 Å². The Balaban J connectivity index is 3.17. The molecule has 1 unspecified atom stereocenters. The van der Waals surface area contributed by atoms with Crippen molar-refractivity contribution >= 4 is 15.7 Å². The highest BCUT2D eigenvalue weighted by molar-refractivity contribution is 7.89. The molecule has 1 aromatic rings. The Kier molecular flexibility index (Phi) is 5.79. The standard InChI is InChI=1S/C13H22N2O4S/c1-5-10(8-18-3)15-20(16,17)13-7-11(14)9(2)6-12(13)19-4/h6-7,10,15H,5,8,14H2,1-4H3. The summed E-state index contributed by atoms with van der Waals surface area (Å²) in [6.07, 6.45) is 0.622. The fourth-order valence-corrected chi connectivity index (χ4v) is 3.26. The number of ether oxygens (including phenoxy) is 2. The zero-order chi connectivity index (χ0) is 15.3. The molecule has 0 amide bonds. The van der Waals surface area contributed by atoms with Crippen molar-refractivity contribution in [2.24, 2.45) is 0 Å². The van der Waals surface area contributed by atoms with E-state index in [1.54, 1.807) is 13.0 Å². The van der Waals surface area contributed by atoms with E-state index in [0.717, 1.165) is 5.56 Å². The Hall–Kier alpha value is -1.31. The van der Waals surface area contributed by atoms with Crippen LogP contribution in [0.4, 0.5) is 5.69 Å². The third-order valence-corrected chi connectivity index (χ3v) is 4.57. The van der Waals surface area contributed by atoms with Crippen molar-refractivity contribution < 1.29 is 17.9 Å². The molecule has 0 bridgehead atoms. The largest absolute Gasteiger partial charge is 0.495 e. The number of anilines is 1. The zero-order valence-corrected chi connectivity index (χ0v) is 13.1. The predicted molar refractivity (Wildman–Crippen MR) is 78.4 cm³/mol. The van der Waals surface area contributed by atoms with E-state index in [4.69, 9.17) is 15.2 Å². The second-order valence-corrected chi connectivity index (χ2v) is 6.22. The van der Waals surface area contributed by atoms with Gasteiger partial charge >= 0.3 is 0 Å². The summed E-state index contributed by atoms with van der Waals surface area (Å²) in [6.45, 7) is 3.98. The molecule has 0 saturated carbocycles. The average molecular weight is 302 g/mol. The van der Waals surface area contributed by atoms with Gasteiger partial charge in [0.05, 0.1) is 13.7 Å². The van der Waals surface area contributed by atoms with Crippen molar-refractivity contribution in [3.05, 3.63) is 17.7 Å². The van der Waals surface area contributed by atoms with Gasteiger partial charge in [0, 0.05) is 18.8 Å². The summed E-state index contributed by atoms with van der Waals surface area (Å²) in [4.78, 5) is 0.0395. The van der Waals surface area contributed by atoms with Crippen molar-refractivity contribution in [3.8, 4) is 5.75 Å². The molecule has 0 aliphatic rings. The minimum Gasteiger partial charge on any atom is -0.495 e. The zero-order valence-electron chi connectivity index (χ0n) is 12.3. The molecule has 1 atom stereocenters. The van der Waals surface area contributed by atoms with Crippen LogP contribution in [0.1, 0.15) is 18.9 Å². The number of rotatable bonds is 7. The second-order valence-electron chi connectivity index (χ2n) is 4.54. The van der Waals surface area contributed by atoms with Crippen LogP contribution in [0.3, 0.4) is 0 Å². The summed E-state index contributed by atoms with van der Waals surface area (Å²) >= 11 is 0. The van der Waals surface area contributed by atoms with Gasteiger partial charge in [-0.25, -0.2) is 13.1 Å². The van der Waals surface area contributed by atoms with Crippen molar-refractivity contribution in [2.75, 3.05) is 26.6 Å². The number of hydrogen-bond donors (Lipinski definition) is 2. The van der Waals surface area contributed by atoms with E-state index in [0.29, 0.717) is 18.7 Å². The molecule has 3 N–H and O–H groups in total. The Morgan fingerprint density at radius 3 is 2.50 bits per heavy atom. The fourth-order valence-electron chi connectivity index (χ4n) is 1.77. The third-order valence-electron chi connectivity index (χ3n) is 3.02. The quantitative estimate of drug-likeness (QED) is 0.741. The van der Waals surface area contributed by atoms with E-state index >= 15 is 0 Å². The summed E-state index contributed by atoms with van der Waals surface area (Å²) < 4.78 is 37.6. The van der Waals surface area contributed by atoms with Gasteiger partial charge in [0.2, 0.25) is 10.0 Å². The second kappa shape index (κ2) is 6.92. The molecule has 0 heterocycles. The minimum absolute atomic E-state index is 0.0395. The lowest BCUT2D eigenvalue weighted by molar-refractivity contribution is 0.173. The van der Waals surface area contributed by atoms with Gasteiger partial charge in [-0.05, 0) is 31.0 Å². The summed E-state index contributed by atoms with van der Waals surface area (Å²) in [6, 6.07) is 2.73. The third kappa shape index (κ3) is 3.84. The lowest BCUT2D eigenvalue weighted by Crippen LogP contribution is -2.37. The molecule has 0 fully saturated rings. The molecule has 1 aromatic carbocycles. The average Bonchev–Trinajstić information content (AvgIpc) is 2.40. The number of sulfonamides is 1. The summed E-state index contributed by atoms with van der Waals surface area (Å²) in [5, 5.41) is 0. The number of hydrogen-bond acceptors (Lipinski definition) is 5. The van der Waals surface area contributed by atoms with Crippen molar-refractivity contribution in [1.29, 1.82) is 0 Å². The lowest BCUT2D eigenvalue weighted by atomic mass is 10.2. The number of nitrogen functional groups attached to an aromatic ring is 1. The predicted octanol–water partition coefficient (Wildman–Crippen LogP) is 1.29. The van der Waals surface area contributed by atoms with E-state index < -0.39 is 10.0 Å². The molecule has 0 spiro atoms. The van der Waals surface area contributed by atoms with E-state index in [1.807, 2.05) is 6.92 Å². The first-order valence-corrected chi connectivity index (χ1v) is 7.79. The molecule has 0 aromatic heterocycles. The molecule has 0 aliphatic carbocycles. The SMILES string of the molecule is CCC(COC)NS(=O)(=O)c1cc(N)c(C)cc1OC. The maximum Gasteiger partial charge on any atom is 0.244 e. The molecule has 1 rings (SSSR count). The number of nitrogens with one attached hydrogen (secondary N) is 1. The van der Waals surface area contributed by atoms with Crippen molar-refractivity contribution in [2.45, 2.75) is 31.2 Å². The van der Waals surface area contributed by atoms with Crippen LogP contribution in [0, 0.1) is 6.92 Å². The normalized spacial score (nSPS) is 13.2. The van der Waals surface area contributed by atoms with Crippen LogP contribution in [0.15, 0.2) is 17.0 Å². The van der Waals surface area contributed by atoms with Gasteiger partial charge in [-0.15, -0.1) is 0 Å². The lowest BCUT2D eigenvalue weighted by Gasteiger charge is -2.18. The molecule has 0 saturated heterocycles. The molecular weight excluding hydrogens is 280 g/mol. The van der Waals surface area contributed by atoms with E-state index in [9.17, 15) is 8.42 Å². The van der Waals surface area contributed by atoms with Gasteiger partial charge in [-0.2, -0.15) is 0 Å². The maximum atomic E-state index is 12.4. The first-order valence-electron chi connectivity index (χ1n) is 6.31. The number of methoxy groups -OCH3 is 2. The van der Waals surface area contributed by atoms with Crippen LogP contribution < -0.4 is 15.2 Å².